The minimum absolute atomic E-state index is 0.0163. The van der Waals surface area contributed by atoms with E-state index in [9.17, 15) is 13.2 Å². The smallest absolute Gasteiger partial charge is 0.264 e. The summed E-state index contributed by atoms with van der Waals surface area (Å²) in [6.07, 6.45) is 5.96. The molecule has 0 aromatic rings. The number of hydrogen-bond acceptors (Lipinski definition) is 6. The third-order valence-electron chi connectivity index (χ3n) is 3.63. The van der Waals surface area contributed by atoms with Crippen LogP contribution in [-0.4, -0.2) is 37.7 Å². The fourth-order valence-electron chi connectivity index (χ4n) is 2.85. The van der Waals surface area contributed by atoms with E-state index in [-0.39, 0.29) is 22.8 Å². The maximum atomic E-state index is 11.4. The molecule has 0 aromatic heterocycles. The lowest BCUT2D eigenvalue weighted by molar-refractivity contribution is -0.109. The van der Waals surface area contributed by atoms with Crippen LogP contribution in [0.5, 0.6) is 0 Å². The number of rotatable bonds is 7. The van der Waals surface area contributed by atoms with Crippen molar-refractivity contribution in [2.75, 3.05) is 12.8 Å². The zero-order chi connectivity index (χ0) is 18.6. The molecule has 0 N–H and O–H groups in total. The first kappa shape index (κ1) is 23.2. The summed E-state index contributed by atoms with van der Waals surface area (Å²) >= 11 is 1.33. The predicted octanol–water partition coefficient (Wildman–Crippen LogP) is 4.29. The number of hydrogen-bond donors (Lipinski definition) is 0. The highest BCUT2D eigenvalue weighted by molar-refractivity contribution is 8.14. The minimum atomic E-state index is -3.61. The average molecular weight is 380 g/mol. The standard InChI is InChI=1S/C13H23N3O4S2.C2H6/c1-10(17)21-13-7-5-3-4-6-11(13)8-12(9-15-16-14)20-22(2,18)19;1-2/h11-13H,3-9H2,1-2H3;1-2H3/t11-,12+,13+;/m0./s1. The van der Waals surface area contributed by atoms with Gasteiger partial charge in [0.05, 0.1) is 18.9 Å². The molecule has 0 unspecified atom stereocenters. The van der Waals surface area contributed by atoms with E-state index in [4.69, 9.17) is 9.71 Å². The molecule has 140 valence electrons. The zero-order valence-corrected chi connectivity index (χ0v) is 16.6. The van der Waals surface area contributed by atoms with Crippen molar-refractivity contribution in [3.8, 4) is 0 Å². The largest absolute Gasteiger partial charge is 0.288 e. The van der Waals surface area contributed by atoms with E-state index >= 15 is 0 Å². The topological polar surface area (TPSA) is 109 Å². The van der Waals surface area contributed by atoms with Gasteiger partial charge < -0.3 is 0 Å². The van der Waals surface area contributed by atoms with E-state index in [1.165, 1.54) is 11.8 Å². The van der Waals surface area contributed by atoms with E-state index < -0.39 is 16.2 Å². The van der Waals surface area contributed by atoms with Gasteiger partial charge in [0, 0.05) is 17.1 Å². The van der Waals surface area contributed by atoms with Crippen molar-refractivity contribution >= 4 is 27.0 Å². The van der Waals surface area contributed by atoms with Gasteiger partial charge >= 0.3 is 0 Å². The highest BCUT2D eigenvalue weighted by atomic mass is 32.2. The molecule has 24 heavy (non-hydrogen) atoms. The number of azide groups is 1. The van der Waals surface area contributed by atoms with Crippen LogP contribution in [0.25, 0.3) is 10.4 Å². The third kappa shape index (κ3) is 10.9. The van der Waals surface area contributed by atoms with Gasteiger partial charge in [0.25, 0.3) is 10.1 Å². The minimum Gasteiger partial charge on any atom is -0.288 e. The van der Waals surface area contributed by atoms with Gasteiger partial charge in [0.15, 0.2) is 5.12 Å². The Morgan fingerprint density at radius 1 is 1.33 bits per heavy atom. The summed E-state index contributed by atoms with van der Waals surface area (Å²) in [5, 5.41) is 3.70. The van der Waals surface area contributed by atoms with E-state index in [0.717, 1.165) is 38.4 Å². The Hall–Kier alpha value is -0.760. The normalized spacial score (nSPS) is 22.3. The molecule has 0 spiro atoms. The maximum absolute atomic E-state index is 11.4. The molecule has 7 nitrogen and oxygen atoms in total. The van der Waals surface area contributed by atoms with Gasteiger partial charge in [-0.25, -0.2) is 0 Å². The Morgan fingerprint density at radius 3 is 2.50 bits per heavy atom. The molecule has 0 bridgehead atoms. The predicted molar refractivity (Wildman–Crippen MR) is 98.3 cm³/mol. The van der Waals surface area contributed by atoms with Crippen LogP contribution in [0, 0.1) is 5.92 Å². The second-order valence-corrected chi connectivity index (χ2v) is 8.63. The molecule has 3 atom stereocenters. The lowest BCUT2D eigenvalue weighted by Crippen LogP contribution is -2.28. The quantitative estimate of drug-likeness (QED) is 0.215. The monoisotopic (exact) mass is 379 g/mol. The van der Waals surface area contributed by atoms with E-state index in [1.54, 1.807) is 6.92 Å². The Kier molecular flexibility index (Phi) is 12.2. The number of carbonyl (C=O) groups excluding carboxylic acids is 1. The van der Waals surface area contributed by atoms with Gasteiger partial charge in [0.1, 0.15) is 0 Å². The molecule has 0 aliphatic heterocycles. The SMILES string of the molecule is CC.CC(=O)S[C@@H]1CCCCC[C@H]1C[C@H](CN=[N+]=[N-])OS(C)(=O)=O. The van der Waals surface area contributed by atoms with Gasteiger partial charge in [-0.1, -0.05) is 50.0 Å². The van der Waals surface area contributed by atoms with Crippen LogP contribution in [-0.2, 0) is 19.1 Å². The van der Waals surface area contributed by atoms with Crippen LogP contribution in [0.15, 0.2) is 5.11 Å². The molecule has 1 aliphatic carbocycles. The maximum Gasteiger partial charge on any atom is 0.264 e. The van der Waals surface area contributed by atoms with E-state index in [1.807, 2.05) is 13.8 Å². The molecule has 0 amide bonds. The van der Waals surface area contributed by atoms with E-state index in [2.05, 4.69) is 10.0 Å². The Labute approximate surface area is 149 Å². The summed E-state index contributed by atoms with van der Waals surface area (Å²) in [5.41, 5.74) is 8.44. The van der Waals surface area contributed by atoms with Crippen molar-refractivity contribution in [3.63, 3.8) is 0 Å². The highest BCUT2D eigenvalue weighted by Gasteiger charge is 2.29. The highest BCUT2D eigenvalue weighted by Crippen LogP contribution is 2.36. The molecule has 9 heteroatoms. The van der Waals surface area contributed by atoms with Crippen molar-refractivity contribution in [2.45, 2.75) is 70.7 Å². The van der Waals surface area contributed by atoms with Gasteiger partial charge in [-0.3, -0.25) is 8.98 Å². The second kappa shape index (κ2) is 12.6. The second-order valence-electron chi connectivity index (χ2n) is 5.62. The number of thioether (sulfide) groups is 1. The van der Waals surface area contributed by atoms with Crippen LogP contribution in [0.3, 0.4) is 0 Å². The summed E-state index contributed by atoms with van der Waals surface area (Å²) in [6, 6.07) is 0. The summed E-state index contributed by atoms with van der Waals surface area (Å²) < 4.78 is 27.8. The summed E-state index contributed by atoms with van der Waals surface area (Å²) in [7, 11) is -3.61. The van der Waals surface area contributed by atoms with E-state index in [0.29, 0.717) is 6.42 Å². The summed E-state index contributed by atoms with van der Waals surface area (Å²) in [4.78, 5) is 14.1. The van der Waals surface area contributed by atoms with Crippen LogP contribution >= 0.6 is 11.8 Å². The number of nitrogens with zero attached hydrogens (tertiary/aromatic N) is 3. The number of carbonyl (C=O) groups is 1. The Morgan fingerprint density at radius 2 is 1.96 bits per heavy atom. The first-order valence-corrected chi connectivity index (χ1v) is 11.1. The molecule has 1 aliphatic rings. The van der Waals surface area contributed by atoms with Crippen molar-refractivity contribution in [2.24, 2.45) is 11.0 Å². The molecular formula is C15H29N3O4S2. The summed E-state index contributed by atoms with van der Waals surface area (Å²) in [6.45, 7) is 5.54. The van der Waals surface area contributed by atoms with Crippen molar-refractivity contribution in [1.29, 1.82) is 0 Å². The Balaban J connectivity index is 0.00000254. The first-order valence-electron chi connectivity index (χ1n) is 8.38. The molecule has 0 saturated heterocycles. The third-order valence-corrected chi connectivity index (χ3v) is 5.51. The average Bonchev–Trinajstić information content (AvgIpc) is 2.70. The molecule has 1 saturated carbocycles. The lowest BCUT2D eigenvalue weighted by atomic mass is 9.93. The lowest BCUT2D eigenvalue weighted by Gasteiger charge is -2.27. The van der Waals surface area contributed by atoms with Crippen LogP contribution < -0.4 is 0 Å². The van der Waals surface area contributed by atoms with Gasteiger partial charge in [-0.15, -0.1) is 0 Å². The molecule has 1 rings (SSSR count). The molecular weight excluding hydrogens is 350 g/mol. The Bertz CT molecular complexity index is 519. The zero-order valence-electron chi connectivity index (χ0n) is 15.0. The van der Waals surface area contributed by atoms with Crippen LogP contribution in [0.2, 0.25) is 0 Å². The molecule has 0 heterocycles. The van der Waals surface area contributed by atoms with Crippen molar-refractivity contribution in [1.82, 2.24) is 0 Å². The van der Waals surface area contributed by atoms with Gasteiger partial charge in [-0.2, -0.15) is 8.42 Å². The van der Waals surface area contributed by atoms with Gasteiger partial charge in [0.2, 0.25) is 0 Å². The van der Waals surface area contributed by atoms with Gasteiger partial charge in [-0.05, 0) is 30.7 Å². The summed E-state index contributed by atoms with van der Waals surface area (Å²) in [5.74, 6) is 0.192. The molecule has 0 aromatic carbocycles. The molecule has 1 fully saturated rings. The van der Waals surface area contributed by atoms with Crippen LogP contribution in [0.1, 0.15) is 59.3 Å². The van der Waals surface area contributed by atoms with Crippen molar-refractivity contribution in [3.05, 3.63) is 10.4 Å². The molecule has 0 radical (unpaired) electrons. The fraction of sp³-hybridized carbons (Fsp3) is 0.933. The van der Waals surface area contributed by atoms with Crippen LogP contribution in [0.4, 0.5) is 0 Å². The van der Waals surface area contributed by atoms with Crippen molar-refractivity contribution < 1.29 is 17.4 Å². The first-order chi connectivity index (χ1) is 11.3. The fourth-order valence-corrected chi connectivity index (χ4v) is 4.63.